The molecule has 144 valence electrons. The molecule has 0 fully saturated rings. The first-order valence-electron chi connectivity index (χ1n) is 9.19. The first-order valence-corrected chi connectivity index (χ1v) is 9.98. The number of aromatic nitrogens is 2. The highest BCUT2D eigenvalue weighted by Crippen LogP contribution is 2.39. The summed E-state index contributed by atoms with van der Waals surface area (Å²) in [4.78, 5) is 25.8. The Kier molecular flexibility index (Phi) is 4.13. The van der Waals surface area contributed by atoms with Gasteiger partial charge in [0.1, 0.15) is 11.4 Å². The number of rotatable bonds is 3. The van der Waals surface area contributed by atoms with Crippen LogP contribution < -0.4 is 5.32 Å². The number of hydrogen-bond donors (Lipinski definition) is 1. The van der Waals surface area contributed by atoms with Crippen molar-refractivity contribution in [3.8, 4) is 5.69 Å². The van der Waals surface area contributed by atoms with E-state index in [2.05, 4.69) is 26.3 Å². The normalized spacial score (nSPS) is 15.9. The lowest BCUT2D eigenvalue weighted by atomic mass is 9.87. The Balaban J connectivity index is 1.61. The van der Waals surface area contributed by atoms with Crippen molar-refractivity contribution in [3.63, 3.8) is 0 Å². The van der Waals surface area contributed by atoms with Crippen LogP contribution in [0.25, 0.3) is 16.7 Å². The molecule has 0 aliphatic carbocycles. The number of fused-ring (bicyclic) bond motifs is 2. The second kappa shape index (κ2) is 6.70. The van der Waals surface area contributed by atoms with Crippen molar-refractivity contribution in [2.45, 2.75) is 19.3 Å². The number of amides is 1. The molecule has 3 heterocycles. The number of anilines is 1. The Morgan fingerprint density at radius 3 is 2.72 bits per heavy atom. The van der Waals surface area contributed by atoms with E-state index in [1.54, 1.807) is 10.7 Å². The number of halogens is 1. The minimum Gasteiger partial charge on any atom is -0.453 e. The van der Waals surface area contributed by atoms with Crippen molar-refractivity contribution in [1.29, 1.82) is 0 Å². The van der Waals surface area contributed by atoms with Gasteiger partial charge in [0, 0.05) is 21.8 Å². The number of ketones is 1. The number of Topliss-reactive ketones (excluding diaryl/α,β-unsaturated/α-hetero) is 1. The third kappa shape index (κ3) is 2.98. The smallest absolute Gasteiger partial charge is 0.226 e. The highest BCUT2D eigenvalue weighted by molar-refractivity contribution is 9.10. The van der Waals surface area contributed by atoms with Crippen molar-refractivity contribution >= 4 is 44.4 Å². The molecule has 2 aromatic heterocycles. The maximum Gasteiger partial charge on any atom is 0.226 e. The Bertz CT molecular complexity index is 1240. The molecule has 0 saturated heterocycles. The maximum atomic E-state index is 13.3. The van der Waals surface area contributed by atoms with Crippen LogP contribution in [0.1, 0.15) is 34.2 Å². The highest BCUT2D eigenvalue weighted by Gasteiger charge is 2.37. The zero-order valence-corrected chi connectivity index (χ0v) is 17.1. The molecule has 0 spiro atoms. The number of nitrogens with one attached hydrogen (secondary N) is 1. The minimum absolute atomic E-state index is 0.0652. The standard InChI is InChI=1S/C22H16BrN3O3/c1-12-20-16(21(28)18-10-13-4-2-3-5-17(13)29-18)11-19(27)24-22(20)26(25-12)15-8-6-14(23)7-9-15/h2-10,16H,11H2,1H3,(H,24,27)/t16-/m1/s1. The number of carbonyl (C=O) groups is 2. The van der Waals surface area contributed by atoms with E-state index < -0.39 is 5.92 Å². The van der Waals surface area contributed by atoms with Gasteiger partial charge in [-0.3, -0.25) is 9.59 Å². The Hall–Kier alpha value is -3.19. The molecule has 2 aromatic carbocycles. The number of nitrogens with zero attached hydrogens (tertiary/aromatic N) is 2. The fourth-order valence-corrected chi connectivity index (χ4v) is 4.08. The Morgan fingerprint density at radius 1 is 1.21 bits per heavy atom. The molecule has 1 N–H and O–H groups in total. The average Bonchev–Trinajstić information content (AvgIpc) is 3.29. The van der Waals surface area contributed by atoms with E-state index in [-0.39, 0.29) is 23.9 Å². The quantitative estimate of drug-likeness (QED) is 0.446. The van der Waals surface area contributed by atoms with Crippen molar-refractivity contribution in [2.75, 3.05) is 5.32 Å². The van der Waals surface area contributed by atoms with Crippen LogP contribution in [0, 0.1) is 6.92 Å². The van der Waals surface area contributed by atoms with Crippen LogP contribution in [0.2, 0.25) is 0 Å². The van der Waals surface area contributed by atoms with Gasteiger partial charge in [0.15, 0.2) is 5.76 Å². The lowest BCUT2D eigenvalue weighted by Crippen LogP contribution is -2.28. The first kappa shape index (κ1) is 17.9. The van der Waals surface area contributed by atoms with Gasteiger partial charge in [-0.05, 0) is 43.3 Å². The summed E-state index contributed by atoms with van der Waals surface area (Å²) in [6, 6.07) is 16.8. The number of furan rings is 1. The van der Waals surface area contributed by atoms with Crippen LogP contribution in [-0.2, 0) is 4.79 Å². The molecule has 0 saturated carbocycles. The van der Waals surface area contributed by atoms with Gasteiger partial charge in [0.05, 0.1) is 17.3 Å². The van der Waals surface area contributed by atoms with E-state index in [0.717, 1.165) is 21.1 Å². The molecule has 1 aliphatic heterocycles. The van der Waals surface area contributed by atoms with E-state index >= 15 is 0 Å². The lowest BCUT2D eigenvalue weighted by molar-refractivity contribution is -0.116. The van der Waals surface area contributed by atoms with Crippen LogP contribution in [-0.4, -0.2) is 21.5 Å². The SMILES string of the molecule is Cc1nn(-c2ccc(Br)cc2)c2c1[C@H](C(=O)c1cc3ccccc3o1)CC(=O)N2. The van der Waals surface area contributed by atoms with Crippen LogP contribution >= 0.6 is 15.9 Å². The van der Waals surface area contributed by atoms with Gasteiger partial charge in [-0.15, -0.1) is 0 Å². The molecule has 5 rings (SSSR count). The van der Waals surface area contributed by atoms with E-state index in [9.17, 15) is 9.59 Å². The third-order valence-corrected chi connectivity index (χ3v) is 5.69. The summed E-state index contributed by atoms with van der Waals surface area (Å²) in [5.41, 5.74) is 2.89. The second-order valence-corrected chi connectivity index (χ2v) is 7.97. The van der Waals surface area contributed by atoms with Crippen LogP contribution in [0.3, 0.4) is 0 Å². The van der Waals surface area contributed by atoms with Gasteiger partial charge in [0.25, 0.3) is 0 Å². The molecular weight excluding hydrogens is 434 g/mol. The average molecular weight is 450 g/mol. The summed E-state index contributed by atoms with van der Waals surface area (Å²) in [7, 11) is 0. The number of aryl methyl sites for hydroxylation is 1. The highest BCUT2D eigenvalue weighted by atomic mass is 79.9. The van der Waals surface area contributed by atoms with Gasteiger partial charge in [0.2, 0.25) is 11.7 Å². The summed E-state index contributed by atoms with van der Waals surface area (Å²) < 4.78 is 8.38. The molecule has 1 aliphatic rings. The van der Waals surface area contributed by atoms with Gasteiger partial charge in [-0.1, -0.05) is 34.1 Å². The molecule has 0 bridgehead atoms. The molecule has 0 unspecified atom stereocenters. The zero-order valence-electron chi connectivity index (χ0n) is 15.5. The Morgan fingerprint density at radius 2 is 1.97 bits per heavy atom. The second-order valence-electron chi connectivity index (χ2n) is 7.05. The molecule has 0 radical (unpaired) electrons. The van der Waals surface area contributed by atoms with Crippen LogP contribution in [0.15, 0.2) is 63.5 Å². The summed E-state index contributed by atoms with van der Waals surface area (Å²) in [6.07, 6.45) is 0.0652. The van der Waals surface area contributed by atoms with Crippen molar-refractivity contribution in [2.24, 2.45) is 0 Å². The van der Waals surface area contributed by atoms with Gasteiger partial charge < -0.3 is 9.73 Å². The number of carbonyl (C=O) groups excluding carboxylic acids is 2. The van der Waals surface area contributed by atoms with Crippen LogP contribution in [0.4, 0.5) is 5.82 Å². The number of benzene rings is 2. The third-order valence-electron chi connectivity index (χ3n) is 5.16. The lowest BCUT2D eigenvalue weighted by Gasteiger charge is -2.22. The molecule has 1 amide bonds. The number of para-hydroxylation sites is 1. The summed E-state index contributed by atoms with van der Waals surface area (Å²) in [5.74, 6) is -0.271. The maximum absolute atomic E-state index is 13.3. The predicted octanol–water partition coefficient (Wildman–Crippen LogP) is 5.00. The van der Waals surface area contributed by atoms with Crippen molar-refractivity contribution in [3.05, 3.63) is 76.1 Å². The van der Waals surface area contributed by atoms with E-state index in [4.69, 9.17) is 4.42 Å². The van der Waals surface area contributed by atoms with Gasteiger partial charge in [-0.25, -0.2) is 4.68 Å². The van der Waals surface area contributed by atoms with Crippen molar-refractivity contribution in [1.82, 2.24) is 9.78 Å². The van der Waals surface area contributed by atoms with E-state index in [0.29, 0.717) is 17.1 Å². The van der Waals surface area contributed by atoms with Gasteiger partial charge >= 0.3 is 0 Å². The topological polar surface area (TPSA) is 77.1 Å². The molecule has 29 heavy (non-hydrogen) atoms. The molecule has 1 atom stereocenters. The monoisotopic (exact) mass is 449 g/mol. The zero-order chi connectivity index (χ0) is 20.1. The summed E-state index contributed by atoms with van der Waals surface area (Å²) in [6.45, 7) is 1.85. The van der Waals surface area contributed by atoms with E-state index in [1.807, 2.05) is 55.5 Å². The minimum atomic E-state index is -0.636. The predicted molar refractivity (Wildman–Crippen MR) is 113 cm³/mol. The molecule has 6 nitrogen and oxygen atoms in total. The van der Waals surface area contributed by atoms with Crippen LogP contribution in [0.5, 0.6) is 0 Å². The fraction of sp³-hybridized carbons (Fsp3) is 0.136. The Labute approximate surface area is 174 Å². The molecule has 7 heteroatoms. The fourth-order valence-electron chi connectivity index (χ4n) is 3.82. The molecular formula is C22H16BrN3O3. The summed E-state index contributed by atoms with van der Waals surface area (Å²) >= 11 is 3.42. The summed E-state index contributed by atoms with van der Waals surface area (Å²) in [5, 5.41) is 8.35. The van der Waals surface area contributed by atoms with Crippen molar-refractivity contribution < 1.29 is 14.0 Å². The van der Waals surface area contributed by atoms with E-state index in [1.165, 1.54) is 0 Å². The number of hydrogen-bond acceptors (Lipinski definition) is 4. The first-order chi connectivity index (χ1) is 14.0. The largest absolute Gasteiger partial charge is 0.453 e. The van der Waals surface area contributed by atoms with Gasteiger partial charge in [-0.2, -0.15) is 5.10 Å². The molecule has 4 aromatic rings.